The van der Waals surface area contributed by atoms with E-state index in [0.717, 1.165) is 57.8 Å². The van der Waals surface area contributed by atoms with Gasteiger partial charge in [0.15, 0.2) is 0 Å². The summed E-state index contributed by atoms with van der Waals surface area (Å²) in [6.45, 7) is 3.98. The van der Waals surface area contributed by atoms with E-state index in [-0.39, 0.29) is 12.5 Å². The van der Waals surface area contributed by atoms with Crippen molar-refractivity contribution in [1.82, 2.24) is 5.32 Å². The number of rotatable bonds is 29. The summed E-state index contributed by atoms with van der Waals surface area (Å²) in [5.74, 6) is -0.0849. The van der Waals surface area contributed by atoms with Crippen LogP contribution in [0, 0.1) is 0 Å². The van der Waals surface area contributed by atoms with Gasteiger partial charge in [0, 0.05) is 6.42 Å². The molecule has 0 aromatic rings. The summed E-state index contributed by atoms with van der Waals surface area (Å²) in [5, 5.41) is 22.3. The fourth-order valence-electron chi connectivity index (χ4n) is 4.56. The quantitative estimate of drug-likeness (QED) is 0.0606. The summed E-state index contributed by atoms with van der Waals surface area (Å²) in [6.07, 6.45) is 47.6. The minimum atomic E-state index is -0.839. The number of nitrogens with one attached hydrogen (secondary N) is 1. The Balaban J connectivity index is 3.49. The molecular weight excluding hydrogens is 518 g/mol. The lowest BCUT2D eigenvalue weighted by atomic mass is 10.0. The van der Waals surface area contributed by atoms with Gasteiger partial charge in [-0.3, -0.25) is 4.79 Å². The van der Waals surface area contributed by atoms with Crippen LogP contribution in [-0.4, -0.2) is 34.9 Å². The Labute approximate surface area is 259 Å². The highest BCUT2D eigenvalue weighted by atomic mass is 16.3. The molecule has 0 saturated carbocycles. The van der Waals surface area contributed by atoms with Crippen molar-refractivity contribution in [2.45, 2.75) is 154 Å². The second-order valence-corrected chi connectivity index (χ2v) is 11.2. The second kappa shape index (κ2) is 33.3. The number of hydrogen-bond donors (Lipinski definition) is 3. The molecule has 240 valence electrons. The first-order valence-electron chi connectivity index (χ1n) is 17.2. The van der Waals surface area contributed by atoms with Crippen molar-refractivity contribution in [1.29, 1.82) is 0 Å². The summed E-state index contributed by atoms with van der Waals surface area (Å²) in [5.41, 5.74) is 0. The van der Waals surface area contributed by atoms with Crippen LogP contribution in [-0.2, 0) is 4.79 Å². The largest absolute Gasteiger partial charge is 0.394 e. The molecule has 0 aliphatic carbocycles. The van der Waals surface area contributed by atoms with E-state index >= 15 is 0 Å². The third kappa shape index (κ3) is 29.3. The highest BCUT2D eigenvalue weighted by Gasteiger charge is 2.17. The average molecular weight is 584 g/mol. The van der Waals surface area contributed by atoms with Gasteiger partial charge in [-0.05, 0) is 57.8 Å². The van der Waals surface area contributed by atoms with Gasteiger partial charge in [0.2, 0.25) is 5.91 Å². The lowest BCUT2D eigenvalue weighted by Gasteiger charge is -2.19. The van der Waals surface area contributed by atoms with Crippen molar-refractivity contribution in [3.8, 4) is 0 Å². The van der Waals surface area contributed by atoms with Crippen LogP contribution in [0.4, 0.5) is 0 Å². The molecule has 2 unspecified atom stereocenters. The van der Waals surface area contributed by atoms with Gasteiger partial charge in [-0.1, -0.05) is 151 Å². The maximum Gasteiger partial charge on any atom is 0.220 e. The van der Waals surface area contributed by atoms with Gasteiger partial charge in [-0.2, -0.15) is 0 Å². The number of carbonyl (C=O) groups excluding carboxylic acids is 1. The third-order valence-electron chi connectivity index (χ3n) is 7.18. The Morgan fingerprint density at radius 3 is 1.52 bits per heavy atom. The predicted octanol–water partition coefficient (Wildman–Crippen LogP) is 10.0. The van der Waals surface area contributed by atoms with E-state index in [2.05, 4.69) is 79.9 Å². The number of amides is 1. The summed E-state index contributed by atoms with van der Waals surface area (Å²) in [4.78, 5) is 12.1. The van der Waals surface area contributed by atoms with Crippen molar-refractivity contribution in [3.05, 3.63) is 72.9 Å². The van der Waals surface area contributed by atoms with Crippen molar-refractivity contribution >= 4 is 5.91 Å². The van der Waals surface area contributed by atoms with Crippen LogP contribution >= 0.6 is 0 Å². The zero-order chi connectivity index (χ0) is 30.8. The molecule has 3 N–H and O–H groups in total. The molecule has 0 bridgehead atoms. The van der Waals surface area contributed by atoms with Crippen LogP contribution in [0.25, 0.3) is 0 Å². The predicted molar refractivity (Wildman–Crippen MR) is 184 cm³/mol. The van der Waals surface area contributed by atoms with Gasteiger partial charge in [-0.25, -0.2) is 0 Å². The maximum absolute atomic E-state index is 12.1. The number of aliphatic hydroxyl groups excluding tert-OH is 2. The summed E-state index contributed by atoms with van der Waals surface area (Å²) < 4.78 is 0. The Bertz CT molecular complexity index is 762. The number of hydrogen-bond acceptors (Lipinski definition) is 3. The number of unbranched alkanes of at least 4 members (excludes halogenated alkanes) is 12. The molecule has 0 heterocycles. The fraction of sp³-hybridized carbons (Fsp3) is 0.658. The lowest BCUT2D eigenvalue weighted by molar-refractivity contribution is -0.123. The first-order valence-corrected chi connectivity index (χ1v) is 17.2. The molecule has 0 aliphatic rings. The normalized spacial score (nSPS) is 14.1. The Hall–Kier alpha value is -2.17. The van der Waals surface area contributed by atoms with E-state index in [1.54, 1.807) is 6.08 Å². The molecule has 2 atom stereocenters. The molecule has 0 rings (SSSR count). The average Bonchev–Trinajstić information content (AvgIpc) is 2.99. The minimum Gasteiger partial charge on any atom is -0.394 e. The van der Waals surface area contributed by atoms with Gasteiger partial charge in [0.1, 0.15) is 0 Å². The molecule has 0 aromatic carbocycles. The lowest BCUT2D eigenvalue weighted by Crippen LogP contribution is -2.45. The van der Waals surface area contributed by atoms with E-state index in [4.69, 9.17) is 0 Å². The zero-order valence-corrected chi connectivity index (χ0v) is 27.2. The molecule has 0 fully saturated rings. The van der Waals surface area contributed by atoms with Gasteiger partial charge >= 0.3 is 0 Å². The first kappa shape index (κ1) is 39.8. The van der Waals surface area contributed by atoms with Gasteiger partial charge in [0.25, 0.3) is 0 Å². The summed E-state index contributed by atoms with van der Waals surface area (Å²) >= 11 is 0. The van der Waals surface area contributed by atoms with Crippen LogP contribution in [0.1, 0.15) is 142 Å². The molecule has 0 aromatic heterocycles. The number of aliphatic hydroxyl groups is 2. The highest BCUT2D eigenvalue weighted by Crippen LogP contribution is 2.13. The minimum absolute atomic E-state index is 0.0849. The fourth-order valence-corrected chi connectivity index (χ4v) is 4.56. The van der Waals surface area contributed by atoms with Gasteiger partial charge in [-0.15, -0.1) is 0 Å². The topological polar surface area (TPSA) is 69.6 Å². The molecule has 0 aliphatic heterocycles. The van der Waals surface area contributed by atoms with Gasteiger partial charge < -0.3 is 15.5 Å². The van der Waals surface area contributed by atoms with Crippen LogP contribution in [0.2, 0.25) is 0 Å². The van der Waals surface area contributed by atoms with Crippen LogP contribution in [0.5, 0.6) is 0 Å². The van der Waals surface area contributed by atoms with Crippen LogP contribution < -0.4 is 5.32 Å². The van der Waals surface area contributed by atoms with Crippen molar-refractivity contribution in [3.63, 3.8) is 0 Å². The summed E-state index contributed by atoms with van der Waals surface area (Å²) in [6, 6.07) is -0.622. The summed E-state index contributed by atoms with van der Waals surface area (Å²) in [7, 11) is 0. The smallest absolute Gasteiger partial charge is 0.220 e. The molecule has 0 saturated heterocycles. The SMILES string of the molecule is CC/C=C\C/C=C\C/C=C\C/C=C\C/C=C\CCCCCCCCCCCCCC(=O)NC(CO)C(O)/C=C/CCC. The van der Waals surface area contributed by atoms with E-state index < -0.39 is 12.1 Å². The highest BCUT2D eigenvalue weighted by molar-refractivity contribution is 5.76. The van der Waals surface area contributed by atoms with Crippen LogP contribution in [0.3, 0.4) is 0 Å². The molecular formula is C38H65NO3. The van der Waals surface area contributed by atoms with E-state index in [1.807, 2.05) is 6.08 Å². The Morgan fingerprint density at radius 1 is 0.595 bits per heavy atom. The van der Waals surface area contributed by atoms with Gasteiger partial charge in [0.05, 0.1) is 18.8 Å². The number of allylic oxidation sites excluding steroid dienone is 11. The molecule has 1 amide bonds. The molecule has 4 nitrogen and oxygen atoms in total. The maximum atomic E-state index is 12.1. The number of carbonyl (C=O) groups is 1. The molecule has 4 heteroatoms. The molecule has 0 spiro atoms. The zero-order valence-electron chi connectivity index (χ0n) is 27.2. The van der Waals surface area contributed by atoms with E-state index in [1.165, 1.54) is 64.2 Å². The third-order valence-corrected chi connectivity index (χ3v) is 7.18. The molecule has 42 heavy (non-hydrogen) atoms. The standard InChI is InChI=1S/C38H65NO3/c1-3-5-7-8-9-10-11-12-13-14-15-16-17-18-19-20-21-22-23-24-25-26-27-28-29-30-32-34-38(42)39-36(35-40)37(41)33-31-6-4-2/h5,7,9-10,12-13,15-16,18-19,31,33,36-37,40-41H,3-4,6,8,11,14,17,20-30,32,34-35H2,1-2H3,(H,39,42)/b7-5-,10-9-,13-12-,16-15-,19-18-,33-31+. The van der Waals surface area contributed by atoms with Crippen molar-refractivity contribution in [2.24, 2.45) is 0 Å². The Morgan fingerprint density at radius 2 is 1.05 bits per heavy atom. The Kier molecular flexibility index (Phi) is 31.6. The monoisotopic (exact) mass is 583 g/mol. The first-order chi connectivity index (χ1) is 20.7. The van der Waals surface area contributed by atoms with Crippen LogP contribution in [0.15, 0.2) is 72.9 Å². The van der Waals surface area contributed by atoms with E-state index in [0.29, 0.717) is 6.42 Å². The molecule has 0 radical (unpaired) electrons. The van der Waals surface area contributed by atoms with E-state index in [9.17, 15) is 15.0 Å². The van der Waals surface area contributed by atoms with Crippen molar-refractivity contribution in [2.75, 3.05) is 6.61 Å². The second-order valence-electron chi connectivity index (χ2n) is 11.2. The van der Waals surface area contributed by atoms with Crippen molar-refractivity contribution < 1.29 is 15.0 Å².